The van der Waals surface area contributed by atoms with E-state index in [0.29, 0.717) is 41.9 Å². The minimum atomic E-state index is -0.370. The zero-order chi connectivity index (χ0) is 22.4. The average molecular weight is 457 g/mol. The smallest absolute Gasteiger partial charge is 0.320 e. The van der Waals surface area contributed by atoms with Crippen LogP contribution in [-0.4, -0.2) is 52.1 Å². The summed E-state index contributed by atoms with van der Waals surface area (Å²) in [5.74, 6) is 0.314. The first-order valence-corrected chi connectivity index (χ1v) is 11.1. The fourth-order valence-corrected chi connectivity index (χ4v) is 5.72. The van der Waals surface area contributed by atoms with Gasteiger partial charge in [0.2, 0.25) is 17.6 Å². The van der Waals surface area contributed by atoms with Gasteiger partial charge < -0.3 is 14.7 Å². The summed E-state index contributed by atoms with van der Waals surface area (Å²) in [5, 5.41) is 9.86. The second-order valence-electron chi connectivity index (χ2n) is 8.02. The van der Waals surface area contributed by atoms with Gasteiger partial charge in [0.25, 0.3) is 0 Å². The second kappa shape index (κ2) is 7.97. The lowest BCUT2D eigenvalue weighted by Crippen LogP contribution is -2.49. The van der Waals surface area contributed by atoms with Crippen molar-refractivity contribution in [3.05, 3.63) is 46.5 Å². The van der Waals surface area contributed by atoms with Crippen LogP contribution in [0.25, 0.3) is 11.4 Å². The predicted molar refractivity (Wildman–Crippen MR) is 115 cm³/mol. The molecule has 0 saturated carbocycles. The quantitative estimate of drug-likeness (QED) is 0.627. The van der Waals surface area contributed by atoms with Crippen molar-refractivity contribution in [1.29, 1.82) is 0 Å². The number of benzene rings is 1. The fourth-order valence-electron chi connectivity index (χ4n) is 4.60. The molecule has 1 fully saturated rings. The van der Waals surface area contributed by atoms with E-state index in [1.807, 2.05) is 4.90 Å². The molecule has 1 aromatic carbocycles. The van der Waals surface area contributed by atoms with Crippen LogP contribution in [0, 0.1) is 11.7 Å². The van der Waals surface area contributed by atoms with Crippen LogP contribution in [0.3, 0.4) is 0 Å². The van der Waals surface area contributed by atoms with Gasteiger partial charge in [-0.15, -0.1) is 11.3 Å². The summed E-state index contributed by atoms with van der Waals surface area (Å²) < 4.78 is 19.3. The molecule has 2 aliphatic rings. The molecular formula is C21H21FN6O3S. The van der Waals surface area contributed by atoms with Gasteiger partial charge in [-0.25, -0.2) is 14.2 Å². The Morgan fingerprint density at radius 1 is 1.28 bits per heavy atom. The number of aromatic nitrogens is 3. The molecule has 0 radical (unpaired) electrons. The molecule has 3 atom stereocenters. The van der Waals surface area contributed by atoms with Crippen LogP contribution >= 0.6 is 11.3 Å². The zero-order valence-electron chi connectivity index (χ0n) is 17.5. The lowest BCUT2D eigenvalue weighted by atomic mass is 9.70. The Balaban J connectivity index is 1.51. The zero-order valence-corrected chi connectivity index (χ0v) is 18.3. The van der Waals surface area contributed by atoms with Crippen molar-refractivity contribution in [2.45, 2.75) is 25.2 Å². The molecule has 1 aliphatic carbocycles. The highest BCUT2D eigenvalue weighted by atomic mass is 32.1. The minimum absolute atomic E-state index is 0.0149. The van der Waals surface area contributed by atoms with Gasteiger partial charge in [-0.05, 0) is 24.5 Å². The monoisotopic (exact) mass is 456 g/mol. The highest BCUT2D eigenvalue weighted by Crippen LogP contribution is 2.51. The Hall–Kier alpha value is -3.34. The summed E-state index contributed by atoms with van der Waals surface area (Å²) >= 11 is 1.40. The lowest BCUT2D eigenvalue weighted by Gasteiger charge is -2.44. The Morgan fingerprint density at radius 2 is 2.12 bits per heavy atom. The summed E-state index contributed by atoms with van der Waals surface area (Å²) in [5.41, 5.74) is 1.47. The number of nitrogens with zero attached hydrogens (tertiary/aromatic N) is 4. The summed E-state index contributed by atoms with van der Waals surface area (Å²) in [6.45, 7) is 2.63. The summed E-state index contributed by atoms with van der Waals surface area (Å²) in [7, 11) is 1.54. The van der Waals surface area contributed by atoms with Crippen LogP contribution in [0.15, 0.2) is 28.8 Å². The van der Waals surface area contributed by atoms with Gasteiger partial charge in [0, 0.05) is 43.4 Å². The van der Waals surface area contributed by atoms with Crippen LogP contribution in [0.5, 0.6) is 0 Å². The number of nitrogens with one attached hydrogen (secondary N) is 2. The third kappa shape index (κ3) is 3.62. The number of likely N-dealkylation sites (tertiary alicyclic amines) is 1. The lowest BCUT2D eigenvalue weighted by molar-refractivity contribution is -0.131. The van der Waals surface area contributed by atoms with E-state index in [-0.39, 0.29) is 35.5 Å². The minimum Gasteiger partial charge on any atom is -0.342 e. The average Bonchev–Trinajstić information content (AvgIpc) is 3.40. The highest BCUT2D eigenvalue weighted by molar-refractivity contribution is 7.16. The first-order valence-electron chi connectivity index (χ1n) is 10.3. The molecule has 2 bridgehead atoms. The summed E-state index contributed by atoms with van der Waals surface area (Å²) in [6.07, 6.45) is 0.629. The molecule has 3 amide bonds. The second-order valence-corrected chi connectivity index (χ2v) is 9.05. The SMILES string of the molecule is CNC(=O)Nc1nc2c(s1)C1CN(C(C)=O)CC(C2)C1c1nc(-c2cccc(F)c2)no1. The number of carbonyl (C=O) groups excluding carboxylic acids is 2. The first kappa shape index (κ1) is 20.6. The van der Waals surface area contributed by atoms with Gasteiger partial charge in [0.05, 0.1) is 11.6 Å². The molecule has 3 unspecified atom stereocenters. The van der Waals surface area contributed by atoms with Gasteiger partial charge in [0.1, 0.15) is 5.82 Å². The first-order chi connectivity index (χ1) is 15.4. The molecule has 3 aromatic rings. The van der Waals surface area contributed by atoms with E-state index < -0.39 is 0 Å². The number of thiazole rings is 1. The van der Waals surface area contributed by atoms with Crippen molar-refractivity contribution >= 4 is 28.4 Å². The Labute approximate surface area is 187 Å². The van der Waals surface area contributed by atoms with E-state index in [4.69, 9.17) is 4.52 Å². The van der Waals surface area contributed by atoms with Crippen LogP contribution in [0.1, 0.15) is 35.2 Å². The molecule has 9 nitrogen and oxygen atoms in total. The van der Waals surface area contributed by atoms with E-state index in [1.165, 1.54) is 23.5 Å². The third-order valence-corrected chi connectivity index (χ3v) is 7.18. The van der Waals surface area contributed by atoms with Gasteiger partial charge in [-0.1, -0.05) is 17.3 Å². The van der Waals surface area contributed by atoms with Crippen molar-refractivity contribution in [3.8, 4) is 11.4 Å². The number of rotatable bonds is 3. The molecule has 3 heterocycles. The number of hydrogen-bond acceptors (Lipinski definition) is 7. The molecule has 1 saturated heterocycles. The van der Waals surface area contributed by atoms with E-state index in [2.05, 4.69) is 25.8 Å². The van der Waals surface area contributed by atoms with Crippen molar-refractivity contribution in [3.63, 3.8) is 0 Å². The van der Waals surface area contributed by atoms with Crippen LogP contribution in [0.4, 0.5) is 14.3 Å². The topological polar surface area (TPSA) is 113 Å². The number of halogens is 1. The maximum absolute atomic E-state index is 13.6. The van der Waals surface area contributed by atoms with Gasteiger partial charge in [0.15, 0.2) is 5.13 Å². The molecular weight excluding hydrogens is 435 g/mol. The molecule has 32 heavy (non-hydrogen) atoms. The number of urea groups is 1. The molecule has 2 aromatic heterocycles. The van der Waals surface area contributed by atoms with E-state index >= 15 is 0 Å². The molecule has 11 heteroatoms. The summed E-state index contributed by atoms with van der Waals surface area (Å²) in [6, 6.07) is 5.73. The maximum atomic E-state index is 13.6. The van der Waals surface area contributed by atoms with Gasteiger partial charge >= 0.3 is 6.03 Å². The standard InChI is InChI=1S/C21H21FN6O3S/c1-10(29)28-8-12-7-15-17(32-21(24-15)26-20(30)23-2)14(9-28)16(12)19-25-18(27-31-19)11-4-3-5-13(22)6-11/h3-6,12,14,16H,7-9H2,1-2H3,(H2,23,24,26,30). The molecule has 1 aliphatic heterocycles. The number of piperidine rings is 1. The Morgan fingerprint density at radius 3 is 2.88 bits per heavy atom. The number of hydrogen-bond donors (Lipinski definition) is 2. The van der Waals surface area contributed by atoms with E-state index in [9.17, 15) is 14.0 Å². The molecule has 2 N–H and O–H groups in total. The van der Waals surface area contributed by atoms with Crippen LogP contribution < -0.4 is 10.6 Å². The van der Waals surface area contributed by atoms with Crippen LogP contribution in [-0.2, 0) is 11.2 Å². The molecule has 0 spiro atoms. The van der Waals surface area contributed by atoms with Crippen molar-refractivity contribution in [2.24, 2.45) is 5.92 Å². The normalized spacial score (nSPS) is 21.7. The van der Waals surface area contributed by atoms with E-state index in [1.54, 1.807) is 26.1 Å². The maximum Gasteiger partial charge on any atom is 0.320 e. The largest absolute Gasteiger partial charge is 0.342 e. The van der Waals surface area contributed by atoms with Crippen molar-refractivity contribution in [1.82, 2.24) is 25.3 Å². The number of carbonyl (C=O) groups is 2. The fraction of sp³-hybridized carbons (Fsp3) is 0.381. The summed E-state index contributed by atoms with van der Waals surface area (Å²) in [4.78, 5) is 36.0. The Kier molecular flexibility index (Phi) is 5.12. The van der Waals surface area contributed by atoms with Crippen molar-refractivity contribution < 1.29 is 18.5 Å². The number of anilines is 1. The van der Waals surface area contributed by atoms with Crippen molar-refractivity contribution in [2.75, 3.05) is 25.5 Å². The van der Waals surface area contributed by atoms with Gasteiger partial charge in [-0.2, -0.15) is 4.98 Å². The van der Waals surface area contributed by atoms with Gasteiger partial charge in [-0.3, -0.25) is 10.1 Å². The predicted octanol–water partition coefficient (Wildman–Crippen LogP) is 2.99. The third-order valence-electron chi connectivity index (χ3n) is 6.04. The van der Waals surface area contributed by atoms with E-state index in [0.717, 1.165) is 10.6 Å². The number of amides is 3. The highest BCUT2D eigenvalue weighted by Gasteiger charge is 2.48. The Bertz CT molecular complexity index is 1190. The number of fused-ring (bicyclic) bond motifs is 4. The molecule has 166 valence electrons. The van der Waals surface area contributed by atoms with Crippen LogP contribution in [0.2, 0.25) is 0 Å². The molecule has 5 rings (SSSR count).